The van der Waals surface area contributed by atoms with Crippen LogP contribution in [0.2, 0.25) is 5.02 Å². The summed E-state index contributed by atoms with van der Waals surface area (Å²) in [5.74, 6) is 1.69. The van der Waals surface area contributed by atoms with Crippen LogP contribution in [0.25, 0.3) is 11.3 Å². The van der Waals surface area contributed by atoms with Crippen LogP contribution in [0, 0.1) is 13.8 Å². The van der Waals surface area contributed by atoms with Gasteiger partial charge in [0.2, 0.25) is 0 Å². The number of aryl methyl sites for hydroxylation is 2. The molecule has 19 heavy (non-hydrogen) atoms. The van der Waals surface area contributed by atoms with E-state index in [-0.39, 0.29) is 0 Å². The molecule has 0 unspecified atom stereocenters. The van der Waals surface area contributed by atoms with Crippen molar-refractivity contribution in [2.45, 2.75) is 20.3 Å². The molecule has 102 valence electrons. The van der Waals surface area contributed by atoms with E-state index < -0.39 is 0 Å². The van der Waals surface area contributed by atoms with Crippen LogP contribution in [0.5, 0.6) is 5.75 Å². The number of H-pyrrole nitrogens is 1. The normalized spacial score (nSPS) is 10.8. The van der Waals surface area contributed by atoms with Crippen molar-refractivity contribution in [2.75, 3.05) is 13.7 Å². The number of ether oxygens (including phenoxy) is 1. The highest BCUT2D eigenvalue weighted by Crippen LogP contribution is 2.36. The molecule has 1 heterocycles. The average molecular weight is 280 g/mol. The largest absolute Gasteiger partial charge is 0.496 e. The van der Waals surface area contributed by atoms with E-state index in [1.54, 1.807) is 7.11 Å². The number of rotatable bonds is 4. The Balaban J connectivity index is 2.57. The molecule has 0 fully saturated rings. The predicted molar refractivity (Wildman–Crippen MR) is 77.8 cm³/mol. The lowest BCUT2D eigenvalue weighted by atomic mass is 10.1. The monoisotopic (exact) mass is 279 g/mol. The van der Waals surface area contributed by atoms with Crippen molar-refractivity contribution >= 4 is 11.6 Å². The Kier molecular flexibility index (Phi) is 4.12. The fraction of sp³-hybridized carbons (Fsp3) is 0.357. The van der Waals surface area contributed by atoms with Gasteiger partial charge in [0.25, 0.3) is 0 Å². The van der Waals surface area contributed by atoms with Crippen LogP contribution in [0.4, 0.5) is 0 Å². The van der Waals surface area contributed by atoms with E-state index in [1.807, 2.05) is 26.0 Å². The van der Waals surface area contributed by atoms with Gasteiger partial charge in [0, 0.05) is 22.7 Å². The standard InChI is InChI=1S/C14H18ClN3O/c1-8-6-10(15)7-11(14(8)19-3)13-9(2)17-12(18-13)4-5-16/h6-7H,4-5,16H2,1-3H3,(H,17,18). The Labute approximate surface area is 117 Å². The molecule has 1 aromatic carbocycles. The molecule has 0 spiro atoms. The molecule has 0 saturated carbocycles. The summed E-state index contributed by atoms with van der Waals surface area (Å²) in [5, 5.41) is 0.677. The average Bonchev–Trinajstić information content (AvgIpc) is 2.70. The van der Waals surface area contributed by atoms with Crippen molar-refractivity contribution in [1.82, 2.24) is 9.97 Å². The SMILES string of the molecule is COc1c(C)cc(Cl)cc1-c1nc(CCN)[nH]c1C. The smallest absolute Gasteiger partial charge is 0.131 e. The Morgan fingerprint density at radius 3 is 2.74 bits per heavy atom. The van der Waals surface area contributed by atoms with E-state index in [1.165, 1.54) is 0 Å². The van der Waals surface area contributed by atoms with E-state index in [4.69, 9.17) is 22.1 Å². The molecule has 0 radical (unpaired) electrons. The summed E-state index contributed by atoms with van der Waals surface area (Å²) in [5.41, 5.74) is 9.31. The van der Waals surface area contributed by atoms with E-state index in [0.29, 0.717) is 11.6 Å². The Morgan fingerprint density at radius 1 is 1.37 bits per heavy atom. The van der Waals surface area contributed by atoms with E-state index in [9.17, 15) is 0 Å². The van der Waals surface area contributed by atoms with Gasteiger partial charge >= 0.3 is 0 Å². The summed E-state index contributed by atoms with van der Waals surface area (Å²) >= 11 is 6.14. The van der Waals surface area contributed by atoms with Crippen molar-refractivity contribution < 1.29 is 4.74 Å². The first-order valence-electron chi connectivity index (χ1n) is 6.17. The number of imidazole rings is 1. The van der Waals surface area contributed by atoms with Gasteiger partial charge in [-0.05, 0) is 38.1 Å². The number of aromatic amines is 1. The number of hydrogen-bond acceptors (Lipinski definition) is 3. The van der Waals surface area contributed by atoms with Gasteiger partial charge in [-0.1, -0.05) is 11.6 Å². The number of hydrogen-bond donors (Lipinski definition) is 2. The highest BCUT2D eigenvalue weighted by molar-refractivity contribution is 6.31. The number of benzene rings is 1. The summed E-state index contributed by atoms with van der Waals surface area (Å²) in [6.45, 7) is 4.52. The second-order valence-electron chi connectivity index (χ2n) is 4.50. The zero-order valence-corrected chi connectivity index (χ0v) is 12.1. The van der Waals surface area contributed by atoms with Crippen molar-refractivity contribution in [3.05, 3.63) is 34.2 Å². The fourth-order valence-corrected chi connectivity index (χ4v) is 2.49. The molecule has 0 aliphatic rings. The zero-order valence-electron chi connectivity index (χ0n) is 11.4. The minimum atomic E-state index is 0.568. The molecule has 0 atom stereocenters. The molecule has 3 N–H and O–H groups in total. The molecule has 1 aromatic heterocycles. The summed E-state index contributed by atoms with van der Waals surface area (Å²) in [4.78, 5) is 7.83. The van der Waals surface area contributed by atoms with Crippen molar-refractivity contribution in [2.24, 2.45) is 5.73 Å². The van der Waals surface area contributed by atoms with Gasteiger partial charge in [0.1, 0.15) is 11.6 Å². The Hall–Kier alpha value is -1.52. The van der Waals surface area contributed by atoms with Crippen LogP contribution in [-0.2, 0) is 6.42 Å². The zero-order chi connectivity index (χ0) is 14.0. The van der Waals surface area contributed by atoms with Crippen LogP contribution < -0.4 is 10.5 Å². The van der Waals surface area contributed by atoms with Gasteiger partial charge in [-0.25, -0.2) is 4.98 Å². The van der Waals surface area contributed by atoms with Crippen LogP contribution in [0.15, 0.2) is 12.1 Å². The highest BCUT2D eigenvalue weighted by atomic mass is 35.5. The molecule has 0 aliphatic heterocycles. The summed E-state index contributed by atoms with van der Waals surface area (Å²) in [6.07, 6.45) is 0.725. The second kappa shape index (κ2) is 5.63. The summed E-state index contributed by atoms with van der Waals surface area (Å²) in [7, 11) is 1.66. The first-order valence-corrected chi connectivity index (χ1v) is 6.54. The maximum Gasteiger partial charge on any atom is 0.131 e. The van der Waals surface area contributed by atoms with E-state index >= 15 is 0 Å². The van der Waals surface area contributed by atoms with Gasteiger partial charge in [-0.3, -0.25) is 0 Å². The lowest BCUT2D eigenvalue weighted by Gasteiger charge is -2.11. The lowest BCUT2D eigenvalue weighted by Crippen LogP contribution is -2.03. The van der Waals surface area contributed by atoms with Crippen LogP contribution in [-0.4, -0.2) is 23.6 Å². The molecule has 2 rings (SSSR count). The first-order chi connectivity index (χ1) is 9.06. The fourth-order valence-electron chi connectivity index (χ4n) is 2.22. The van der Waals surface area contributed by atoms with Gasteiger partial charge < -0.3 is 15.5 Å². The highest BCUT2D eigenvalue weighted by Gasteiger charge is 2.16. The number of nitrogens with two attached hydrogens (primary N) is 1. The van der Waals surface area contributed by atoms with Gasteiger partial charge in [-0.2, -0.15) is 0 Å². The van der Waals surface area contributed by atoms with Gasteiger partial charge in [0.15, 0.2) is 0 Å². The third-order valence-corrected chi connectivity index (χ3v) is 3.23. The minimum absolute atomic E-state index is 0.568. The minimum Gasteiger partial charge on any atom is -0.496 e. The third kappa shape index (κ3) is 2.74. The van der Waals surface area contributed by atoms with Crippen molar-refractivity contribution in [3.8, 4) is 17.0 Å². The van der Waals surface area contributed by atoms with Crippen molar-refractivity contribution in [1.29, 1.82) is 0 Å². The number of methoxy groups -OCH3 is 1. The molecule has 0 amide bonds. The first kappa shape index (κ1) is 13.9. The molecule has 0 aliphatic carbocycles. The number of nitrogens with one attached hydrogen (secondary N) is 1. The van der Waals surface area contributed by atoms with Gasteiger partial charge in [0.05, 0.1) is 12.8 Å². The maximum absolute atomic E-state index is 6.14. The summed E-state index contributed by atoms with van der Waals surface area (Å²) in [6, 6.07) is 3.76. The van der Waals surface area contributed by atoms with Crippen LogP contribution >= 0.6 is 11.6 Å². The lowest BCUT2D eigenvalue weighted by molar-refractivity contribution is 0.413. The Bertz CT molecular complexity index is 593. The third-order valence-electron chi connectivity index (χ3n) is 3.01. The molecule has 2 aromatic rings. The molecule has 0 saturated heterocycles. The molecule has 4 nitrogen and oxygen atoms in total. The topological polar surface area (TPSA) is 63.9 Å². The molecule has 5 heteroatoms. The molecular weight excluding hydrogens is 262 g/mol. The summed E-state index contributed by atoms with van der Waals surface area (Å²) < 4.78 is 5.47. The predicted octanol–water partition coefficient (Wildman–Crippen LogP) is 2.86. The Morgan fingerprint density at radius 2 is 2.11 bits per heavy atom. The van der Waals surface area contributed by atoms with Crippen molar-refractivity contribution in [3.63, 3.8) is 0 Å². The second-order valence-corrected chi connectivity index (χ2v) is 4.94. The number of nitrogens with zero attached hydrogens (tertiary/aromatic N) is 1. The van der Waals surface area contributed by atoms with Crippen LogP contribution in [0.3, 0.4) is 0 Å². The van der Waals surface area contributed by atoms with E-state index in [0.717, 1.165) is 40.5 Å². The molecule has 0 bridgehead atoms. The van der Waals surface area contributed by atoms with Gasteiger partial charge in [-0.15, -0.1) is 0 Å². The van der Waals surface area contributed by atoms with E-state index in [2.05, 4.69) is 9.97 Å². The number of aromatic nitrogens is 2. The quantitative estimate of drug-likeness (QED) is 0.904. The van der Waals surface area contributed by atoms with Crippen LogP contribution in [0.1, 0.15) is 17.1 Å². The maximum atomic E-state index is 6.14. The number of halogens is 1. The molecular formula is C14H18ClN3O.